The van der Waals surface area contributed by atoms with E-state index in [2.05, 4.69) is 20.3 Å². The van der Waals surface area contributed by atoms with E-state index in [1.54, 1.807) is 22.0 Å². The molecule has 10 nitrogen and oxygen atoms in total. The van der Waals surface area contributed by atoms with Crippen LogP contribution >= 0.6 is 11.8 Å². The number of nitrogens with zero attached hydrogens (tertiary/aromatic N) is 7. The first-order valence-electron chi connectivity index (χ1n) is 10.8. The smallest absolute Gasteiger partial charge is 0.263 e. The van der Waals surface area contributed by atoms with Crippen LogP contribution in [0.2, 0.25) is 0 Å². The first-order valence-corrected chi connectivity index (χ1v) is 12.0. The van der Waals surface area contributed by atoms with Gasteiger partial charge in [0, 0.05) is 45.2 Å². The number of aromatic nitrogens is 5. The van der Waals surface area contributed by atoms with E-state index >= 15 is 0 Å². The molecule has 3 heterocycles. The largest absolute Gasteiger partial charge is 0.357 e. The van der Waals surface area contributed by atoms with Gasteiger partial charge in [-0.1, -0.05) is 23.0 Å². The number of hydrogen-bond acceptors (Lipinski definition) is 9. The lowest BCUT2D eigenvalue weighted by molar-refractivity contribution is -0.142. The van der Waals surface area contributed by atoms with E-state index in [1.807, 2.05) is 56.3 Å². The summed E-state index contributed by atoms with van der Waals surface area (Å²) in [5.74, 6) is 0.517. The van der Waals surface area contributed by atoms with Crippen molar-refractivity contribution in [3.05, 3.63) is 47.9 Å². The highest BCUT2D eigenvalue weighted by Crippen LogP contribution is 2.28. The molecular formula is C22H27N7O3S. The molecule has 0 radical (unpaired) electrons. The third kappa shape index (κ3) is 4.85. The SMILES string of the molecule is CCOC(OCC)c1cn(-c2cccc(N3CCN(C)c4nc(SC)ncc4C3=O)c2)nn1. The normalized spacial score (nSPS) is 14.0. The van der Waals surface area contributed by atoms with Crippen LogP contribution in [0.25, 0.3) is 5.69 Å². The molecule has 174 valence electrons. The van der Waals surface area contributed by atoms with Crippen molar-refractivity contribution in [1.82, 2.24) is 25.0 Å². The van der Waals surface area contributed by atoms with Crippen molar-refractivity contribution in [3.63, 3.8) is 0 Å². The molecule has 11 heteroatoms. The van der Waals surface area contributed by atoms with Crippen LogP contribution in [0, 0.1) is 0 Å². The van der Waals surface area contributed by atoms with Crippen molar-refractivity contribution >= 4 is 29.2 Å². The van der Waals surface area contributed by atoms with Crippen molar-refractivity contribution in [3.8, 4) is 5.69 Å². The van der Waals surface area contributed by atoms with Crippen LogP contribution in [0.1, 0.15) is 36.2 Å². The number of likely N-dealkylation sites (N-methyl/N-ethyl adjacent to an activating group) is 1. The van der Waals surface area contributed by atoms with Gasteiger partial charge in [0.05, 0.1) is 11.9 Å². The van der Waals surface area contributed by atoms with Gasteiger partial charge < -0.3 is 19.3 Å². The molecule has 0 aliphatic carbocycles. The number of fused-ring (bicyclic) bond motifs is 1. The monoisotopic (exact) mass is 469 g/mol. The maximum atomic E-state index is 13.4. The van der Waals surface area contributed by atoms with E-state index in [1.165, 1.54) is 11.8 Å². The Bertz CT molecular complexity index is 1120. The van der Waals surface area contributed by atoms with Gasteiger partial charge in [0.25, 0.3) is 5.91 Å². The first kappa shape index (κ1) is 23.1. The molecule has 0 atom stereocenters. The fourth-order valence-electron chi connectivity index (χ4n) is 3.58. The minimum atomic E-state index is -0.567. The zero-order chi connectivity index (χ0) is 23.4. The summed E-state index contributed by atoms with van der Waals surface area (Å²) in [4.78, 5) is 26.0. The highest BCUT2D eigenvalue weighted by atomic mass is 32.2. The lowest BCUT2D eigenvalue weighted by Crippen LogP contribution is -2.33. The molecule has 1 aromatic carbocycles. The topological polar surface area (TPSA) is 98.5 Å². The van der Waals surface area contributed by atoms with Crippen molar-refractivity contribution in [2.45, 2.75) is 25.3 Å². The zero-order valence-electron chi connectivity index (χ0n) is 19.1. The fourth-order valence-corrected chi connectivity index (χ4v) is 3.92. The van der Waals surface area contributed by atoms with E-state index in [0.29, 0.717) is 48.5 Å². The van der Waals surface area contributed by atoms with Crippen molar-refractivity contribution in [2.24, 2.45) is 0 Å². The minimum absolute atomic E-state index is 0.133. The van der Waals surface area contributed by atoms with Gasteiger partial charge in [0.2, 0.25) is 6.29 Å². The van der Waals surface area contributed by atoms with E-state index in [9.17, 15) is 4.79 Å². The van der Waals surface area contributed by atoms with Gasteiger partial charge in [0.1, 0.15) is 17.1 Å². The van der Waals surface area contributed by atoms with Gasteiger partial charge in [-0.05, 0) is 38.3 Å². The fraction of sp³-hybridized carbons (Fsp3) is 0.409. The van der Waals surface area contributed by atoms with E-state index in [-0.39, 0.29) is 5.91 Å². The number of thioether (sulfide) groups is 1. The Morgan fingerprint density at radius 1 is 1.15 bits per heavy atom. The molecule has 0 fully saturated rings. The summed E-state index contributed by atoms with van der Waals surface area (Å²) in [6.45, 7) is 5.97. The molecule has 0 unspecified atom stereocenters. The Labute approximate surface area is 196 Å². The lowest BCUT2D eigenvalue weighted by atomic mass is 10.2. The van der Waals surface area contributed by atoms with Crippen LogP contribution in [0.15, 0.2) is 41.8 Å². The first-order chi connectivity index (χ1) is 16.0. The summed E-state index contributed by atoms with van der Waals surface area (Å²) in [7, 11) is 1.94. The quantitative estimate of drug-likeness (QED) is 0.280. The Hall–Kier alpha value is -3.02. The van der Waals surface area contributed by atoms with E-state index in [0.717, 1.165) is 11.4 Å². The number of anilines is 2. The molecule has 4 rings (SSSR count). The van der Waals surface area contributed by atoms with Crippen LogP contribution < -0.4 is 9.80 Å². The number of rotatable bonds is 8. The summed E-state index contributed by atoms with van der Waals surface area (Å²) in [5.41, 5.74) is 2.61. The predicted octanol–water partition coefficient (Wildman–Crippen LogP) is 2.95. The third-order valence-electron chi connectivity index (χ3n) is 5.22. The molecule has 0 saturated carbocycles. The Morgan fingerprint density at radius 3 is 2.64 bits per heavy atom. The second-order valence-corrected chi connectivity index (χ2v) is 8.10. The number of ether oxygens (including phenoxy) is 2. The summed E-state index contributed by atoms with van der Waals surface area (Å²) in [6.07, 6.45) is 4.74. The summed E-state index contributed by atoms with van der Waals surface area (Å²) >= 11 is 1.45. The average molecular weight is 470 g/mol. The van der Waals surface area contributed by atoms with Gasteiger partial charge in [-0.25, -0.2) is 14.6 Å². The molecule has 0 saturated heterocycles. The predicted molar refractivity (Wildman–Crippen MR) is 126 cm³/mol. The van der Waals surface area contributed by atoms with Gasteiger partial charge >= 0.3 is 0 Å². The van der Waals surface area contributed by atoms with Gasteiger partial charge in [-0.2, -0.15) is 0 Å². The van der Waals surface area contributed by atoms with Crippen molar-refractivity contribution in [1.29, 1.82) is 0 Å². The third-order valence-corrected chi connectivity index (χ3v) is 5.78. The second-order valence-electron chi connectivity index (χ2n) is 7.32. The molecule has 0 spiro atoms. The second kappa shape index (κ2) is 10.3. The van der Waals surface area contributed by atoms with Crippen LogP contribution in [0.5, 0.6) is 0 Å². The molecule has 0 bridgehead atoms. The van der Waals surface area contributed by atoms with Gasteiger partial charge in [-0.15, -0.1) is 5.10 Å². The highest BCUT2D eigenvalue weighted by molar-refractivity contribution is 7.98. The van der Waals surface area contributed by atoms with E-state index < -0.39 is 6.29 Å². The molecular weight excluding hydrogens is 442 g/mol. The number of carbonyl (C=O) groups is 1. The number of carbonyl (C=O) groups excluding carboxylic acids is 1. The Balaban J connectivity index is 1.63. The molecule has 3 aromatic rings. The molecule has 1 aliphatic heterocycles. The van der Waals surface area contributed by atoms with Crippen molar-refractivity contribution < 1.29 is 14.3 Å². The summed E-state index contributed by atoms with van der Waals surface area (Å²) in [5, 5.41) is 9.09. The van der Waals surface area contributed by atoms with Crippen LogP contribution in [-0.4, -0.2) is 70.5 Å². The summed E-state index contributed by atoms with van der Waals surface area (Å²) < 4.78 is 12.9. The maximum absolute atomic E-state index is 13.4. The Kier molecular flexibility index (Phi) is 7.21. The standard InChI is InChI=1S/C22H27N7O3S/c1-5-31-21(32-6-2)18-14-29(26-25-18)16-9-7-8-15(12-16)28-11-10-27(3)19-17(20(28)30)13-23-22(24-19)33-4/h7-9,12-14,21H,5-6,10-11H2,1-4H3. The number of amides is 1. The van der Waals surface area contributed by atoms with Crippen LogP contribution in [0.3, 0.4) is 0 Å². The highest BCUT2D eigenvalue weighted by Gasteiger charge is 2.28. The molecule has 1 aliphatic rings. The van der Waals surface area contributed by atoms with Crippen LogP contribution in [0.4, 0.5) is 11.5 Å². The molecule has 1 amide bonds. The number of hydrogen-bond donors (Lipinski definition) is 0. The minimum Gasteiger partial charge on any atom is -0.357 e. The van der Waals surface area contributed by atoms with Crippen molar-refractivity contribution in [2.75, 3.05) is 49.4 Å². The molecule has 33 heavy (non-hydrogen) atoms. The number of benzene rings is 1. The maximum Gasteiger partial charge on any atom is 0.263 e. The molecule has 2 aromatic heterocycles. The van der Waals surface area contributed by atoms with E-state index in [4.69, 9.17) is 9.47 Å². The molecule has 0 N–H and O–H groups in total. The zero-order valence-corrected chi connectivity index (χ0v) is 19.9. The Morgan fingerprint density at radius 2 is 1.91 bits per heavy atom. The van der Waals surface area contributed by atoms with Gasteiger partial charge in [-0.3, -0.25) is 4.79 Å². The average Bonchev–Trinajstić information content (AvgIpc) is 3.29. The van der Waals surface area contributed by atoms with Crippen LogP contribution in [-0.2, 0) is 9.47 Å². The summed E-state index contributed by atoms with van der Waals surface area (Å²) in [6, 6.07) is 7.62. The van der Waals surface area contributed by atoms with Gasteiger partial charge in [0.15, 0.2) is 5.16 Å². The lowest BCUT2D eigenvalue weighted by Gasteiger charge is -2.21.